The van der Waals surface area contributed by atoms with E-state index in [0.717, 1.165) is 44.3 Å². The van der Waals surface area contributed by atoms with E-state index in [1.807, 2.05) is 30.5 Å². The van der Waals surface area contributed by atoms with Gasteiger partial charge in [0.2, 0.25) is 11.8 Å². The van der Waals surface area contributed by atoms with Crippen molar-refractivity contribution in [3.05, 3.63) is 66.7 Å². The van der Waals surface area contributed by atoms with Crippen LogP contribution in [0.5, 0.6) is 0 Å². The summed E-state index contributed by atoms with van der Waals surface area (Å²) in [6.45, 7) is 1.80. The van der Waals surface area contributed by atoms with Crippen LogP contribution < -0.4 is 11.1 Å². The average molecular weight is 424 g/mol. The molecule has 4 aromatic heterocycles. The van der Waals surface area contributed by atoms with Gasteiger partial charge in [0.1, 0.15) is 5.65 Å². The second kappa shape index (κ2) is 7.66. The minimum Gasteiger partial charge on any atom is -0.366 e. The summed E-state index contributed by atoms with van der Waals surface area (Å²) in [7, 11) is 0. The number of pyridine rings is 2. The lowest BCUT2D eigenvalue weighted by Gasteiger charge is -2.06. The first-order chi connectivity index (χ1) is 15.5. The van der Waals surface area contributed by atoms with Crippen molar-refractivity contribution in [2.45, 2.75) is 13.3 Å². The Balaban J connectivity index is 1.59. The fraction of sp³-hybridized carbons (Fsp3) is 0.0833. The SMILES string of the molecule is CCC(=O)Nc1cncc(-c2cnc3[nH]cc(-c4cc5c(C(N)=O)cccc5[nH]4)c3c2)c1. The summed E-state index contributed by atoms with van der Waals surface area (Å²) in [5.41, 5.74) is 11.7. The number of hydrogen-bond donors (Lipinski definition) is 4. The lowest BCUT2D eigenvalue weighted by Crippen LogP contribution is -2.10. The highest BCUT2D eigenvalue weighted by atomic mass is 16.1. The Morgan fingerprint density at radius 3 is 2.72 bits per heavy atom. The number of carbonyl (C=O) groups excluding carboxylic acids is 2. The molecule has 0 saturated heterocycles. The Morgan fingerprint density at radius 2 is 1.91 bits per heavy atom. The van der Waals surface area contributed by atoms with E-state index in [2.05, 4.69) is 25.3 Å². The Hall–Kier alpha value is -4.46. The summed E-state index contributed by atoms with van der Waals surface area (Å²) >= 11 is 0. The van der Waals surface area contributed by atoms with E-state index in [0.29, 0.717) is 17.7 Å². The van der Waals surface area contributed by atoms with Crippen molar-refractivity contribution in [2.24, 2.45) is 5.73 Å². The van der Waals surface area contributed by atoms with Gasteiger partial charge < -0.3 is 21.0 Å². The molecule has 5 rings (SSSR count). The molecule has 0 unspecified atom stereocenters. The van der Waals surface area contributed by atoms with Gasteiger partial charge >= 0.3 is 0 Å². The molecule has 0 radical (unpaired) electrons. The van der Waals surface area contributed by atoms with Gasteiger partial charge in [-0.1, -0.05) is 13.0 Å². The van der Waals surface area contributed by atoms with E-state index in [1.54, 1.807) is 37.6 Å². The molecule has 0 fully saturated rings. The number of nitrogens with one attached hydrogen (secondary N) is 3. The van der Waals surface area contributed by atoms with Crippen molar-refractivity contribution in [3.63, 3.8) is 0 Å². The minimum atomic E-state index is -0.466. The maximum atomic E-state index is 11.8. The van der Waals surface area contributed by atoms with Crippen LogP contribution in [-0.2, 0) is 4.79 Å². The van der Waals surface area contributed by atoms with Crippen LogP contribution >= 0.6 is 0 Å². The number of nitrogens with two attached hydrogens (primary N) is 1. The Kier molecular flexibility index (Phi) is 4.67. The minimum absolute atomic E-state index is 0.0698. The number of primary amides is 1. The normalized spacial score (nSPS) is 11.2. The molecule has 4 heterocycles. The fourth-order valence-corrected chi connectivity index (χ4v) is 3.81. The first-order valence-corrected chi connectivity index (χ1v) is 10.2. The number of fused-ring (bicyclic) bond motifs is 2. The number of anilines is 1. The van der Waals surface area contributed by atoms with E-state index in [4.69, 9.17) is 5.73 Å². The standard InChI is InChI=1S/C24H20N6O2/c1-2-22(31)29-15-6-13(9-26-11-15)14-7-18-19(12-28-24(18)27-10-14)21-8-17-16(23(25)32)4-3-5-20(17)30-21/h3-12,30H,2H2,1H3,(H2,25,32)(H,27,28)(H,29,31). The number of aromatic amines is 2. The summed E-state index contributed by atoms with van der Waals surface area (Å²) in [5, 5.41) is 4.52. The molecule has 5 aromatic rings. The Bertz CT molecular complexity index is 1500. The quantitative estimate of drug-likeness (QED) is 0.336. The zero-order valence-electron chi connectivity index (χ0n) is 17.3. The monoisotopic (exact) mass is 424 g/mol. The number of carbonyl (C=O) groups is 2. The number of nitrogens with zero attached hydrogens (tertiary/aromatic N) is 2. The molecular formula is C24H20N6O2. The topological polar surface area (TPSA) is 130 Å². The predicted octanol–water partition coefficient (Wildman–Crippen LogP) is 4.22. The molecule has 0 aliphatic carbocycles. The smallest absolute Gasteiger partial charge is 0.249 e. The molecule has 0 aliphatic heterocycles. The van der Waals surface area contributed by atoms with Gasteiger partial charge in [-0.3, -0.25) is 14.6 Å². The van der Waals surface area contributed by atoms with Crippen molar-refractivity contribution in [1.82, 2.24) is 19.9 Å². The van der Waals surface area contributed by atoms with E-state index < -0.39 is 5.91 Å². The molecule has 158 valence electrons. The maximum Gasteiger partial charge on any atom is 0.249 e. The molecule has 5 N–H and O–H groups in total. The average Bonchev–Trinajstić information content (AvgIpc) is 3.42. The summed E-state index contributed by atoms with van der Waals surface area (Å²) < 4.78 is 0. The van der Waals surface area contributed by atoms with E-state index >= 15 is 0 Å². The van der Waals surface area contributed by atoms with E-state index in [-0.39, 0.29) is 5.91 Å². The number of H-pyrrole nitrogens is 2. The Labute approximate surface area is 182 Å². The molecule has 0 bridgehead atoms. The van der Waals surface area contributed by atoms with Gasteiger partial charge in [-0.25, -0.2) is 4.98 Å². The molecule has 0 aliphatic rings. The number of hydrogen-bond acceptors (Lipinski definition) is 4. The highest BCUT2D eigenvalue weighted by molar-refractivity contribution is 6.08. The summed E-state index contributed by atoms with van der Waals surface area (Å²) in [6.07, 6.45) is 7.39. The molecule has 0 spiro atoms. The second-order valence-corrected chi connectivity index (χ2v) is 7.50. The zero-order chi connectivity index (χ0) is 22.2. The van der Waals surface area contributed by atoms with E-state index in [9.17, 15) is 9.59 Å². The first kappa shape index (κ1) is 19.5. The molecule has 32 heavy (non-hydrogen) atoms. The van der Waals surface area contributed by atoms with Crippen LogP contribution in [0.15, 0.2) is 61.2 Å². The summed E-state index contributed by atoms with van der Waals surface area (Å²) in [5.74, 6) is -0.536. The molecule has 1 aromatic carbocycles. The third-order valence-corrected chi connectivity index (χ3v) is 5.43. The number of rotatable bonds is 5. The van der Waals surface area contributed by atoms with Gasteiger partial charge in [-0.05, 0) is 30.3 Å². The zero-order valence-corrected chi connectivity index (χ0v) is 17.3. The van der Waals surface area contributed by atoms with Crippen molar-refractivity contribution in [2.75, 3.05) is 5.32 Å². The predicted molar refractivity (Wildman–Crippen MR) is 124 cm³/mol. The van der Waals surface area contributed by atoms with Crippen molar-refractivity contribution < 1.29 is 9.59 Å². The van der Waals surface area contributed by atoms with Gasteiger partial charge in [0, 0.05) is 69.2 Å². The third-order valence-electron chi connectivity index (χ3n) is 5.43. The van der Waals surface area contributed by atoms with Crippen LogP contribution in [0.1, 0.15) is 23.7 Å². The van der Waals surface area contributed by atoms with Gasteiger partial charge in [-0.2, -0.15) is 0 Å². The molecule has 8 heteroatoms. The van der Waals surface area contributed by atoms with Crippen LogP contribution in [0.2, 0.25) is 0 Å². The third kappa shape index (κ3) is 3.37. The van der Waals surface area contributed by atoms with Gasteiger partial charge in [0.25, 0.3) is 0 Å². The second-order valence-electron chi connectivity index (χ2n) is 7.50. The number of aromatic nitrogens is 4. The lowest BCUT2D eigenvalue weighted by molar-refractivity contribution is -0.115. The summed E-state index contributed by atoms with van der Waals surface area (Å²) in [4.78, 5) is 38.9. The number of benzene rings is 1. The van der Waals surface area contributed by atoms with Crippen LogP contribution in [-0.4, -0.2) is 31.8 Å². The number of amides is 2. The molecule has 0 atom stereocenters. The van der Waals surface area contributed by atoms with Crippen LogP contribution in [0.3, 0.4) is 0 Å². The van der Waals surface area contributed by atoms with Gasteiger partial charge in [0.15, 0.2) is 0 Å². The van der Waals surface area contributed by atoms with Crippen molar-refractivity contribution in [1.29, 1.82) is 0 Å². The van der Waals surface area contributed by atoms with Gasteiger partial charge in [0.05, 0.1) is 11.9 Å². The maximum absolute atomic E-state index is 11.8. The van der Waals surface area contributed by atoms with Crippen LogP contribution in [0, 0.1) is 0 Å². The molecule has 0 saturated carbocycles. The fourth-order valence-electron chi connectivity index (χ4n) is 3.81. The molecule has 8 nitrogen and oxygen atoms in total. The molecular weight excluding hydrogens is 404 g/mol. The van der Waals surface area contributed by atoms with Gasteiger partial charge in [-0.15, -0.1) is 0 Å². The highest BCUT2D eigenvalue weighted by Crippen LogP contribution is 2.33. The lowest BCUT2D eigenvalue weighted by atomic mass is 10.1. The summed E-state index contributed by atoms with van der Waals surface area (Å²) in [6, 6.07) is 11.2. The Morgan fingerprint density at radius 1 is 1.06 bits per heavy atom. The van der Waals surface area contributed by atoms with Crippen molar-refractivity contribution >= 4 is 39.4 Å². The van der Waals surface area contributed by atoms with Crippen LogP contribution in [0.4, 0.5) is 5.69 Å². The largest absolute Gasteiger partial charge is 0.366 e. The van der Waals surface area contributed by atoms with Crippen LogP contribution in [0.25, 0.3) is 44.3 Å². The van der Waals surface area contributed by atoms with Crippen molar-refractivity contribution in [3.8, 4) is 22.4 Å². The highest BCUT2D eigenvalue weighted by Gasteiger charge is 2.14. The van der Waals surface area contributed by atoms with E-state index in [1.165, 1.54) is 0 Å². The molecule has 2 amide bonds. The first-order valence-electron chi connectivity index (χ1n) is 10.2.